The molecule has 0 saturated heterocycles. The Morgan fingerprint density at radius 3 is 2.47 bits per heavy atom. The first-order chi connectivity index (χ1) is 8.15. The van der Waals surface area contributed by atoms with E-state index < -0.39 is 11.9 Å². The minimum atomic E-state index is -0.819. The molecule has 92 valence electrons. The van der Waals surface area contributed by atoms with E-state index in [2.05, 4.69) is 0 Å². The summed E-state index contributed by atoms with van der Waals surface area (Å²) in [6, 6.07) is 8.93. The highest BCUT2D eigenvalue weighted by atomic mass is 32.2. The van der Waals surface area contributed by atoms with Gasteiger partial charge in [0.15, 0.2) is 0 Å². The summed E-state index contributed by atoms with van der Waals surface area (Å²) >= 11 is 1.09. The molecule has 0 amide bonds. The molecule has 1 atom stereocenters. The fourth-order valence-corrected chi connectivity index (χ4v) is 2.42. The van der Waals surface area contributed by atoms with Crippen LogP contribution in [0.2, 0.25) is 0 Å². The molecule has 17 heavy (non-hydrogen) atoms. The molecule has 1 aromatic carbocycles. The lowest BCUT2D eigenvalue weighted by Crippen LogP contribution is -2.17. The van der Waals surface area contributed by atoms with Crippen molar-refractivity contribution >= 4 is 22.8 Å². The van der Waals surface area contributed by atoms with Crippen molar-refractivity contribution in [2.24, 2.45) is 5.92 Å². The van der Waals surface area contributed by atoms with Gasteiger partial charge in [-0.05, 0) is 6.42 Å². The Morgan fingerprint density at radius 1 is 1.29 bits per heavy atom. The van der Waals surface area contributed by atoms with Crippen LogP contribution in [0.25, 0.3) is 0 Å². The molecule has 0 bridgehead atoms. The fraction of sp³-hybridized carbons (Fsp3) is 0.385. The number of thioether (sulfide) groups is 1. The highest BCUT2D eigenvalue weighted by Gasteiger charge is 2.18. The van der Waals surface area contributed by atoms with Gasteiger partial charge < -0.3 is 5.11 Å². The van der Waals surface area contributed by atoms with Crippen molar-refractivity contribution in [1.29, 1.82) is 0 Å². The molecule has 0 aromatic heterocycles. The number of aliphatic carboxylic acids is 1. The van der Waals surface area contributed by atoms with E-state index in [1.165, 1.54) is 0 Å². The summed E-state index contributed by atoms with van der Waals surface area (Å²) in [5.41, 5.74) is 0.623. The van der Waals surface area contributed by atoms with E-state index in [0.717, 1.165) is 18.2 Å². The molecule has 4 heteroatoms. The molecule has 3 nitrogen and oxygen atoms in total. The number of carbonyl (C=O) groups excluding carboxylic acids is 1. The summed E-state index contributed by atoms with van der Waals surface area (Å²) in [4.78, 5) is 22.7. The number of carbonyl (C=O) groups is 2. The molecule has 0 spiro atoms. The van der Waals surface area contributed by atoms with Crippen LogP contribution in [0.5, 0.6) is 0 Å². The molecule has 1 aromatic rings. The lowest BCUT2D eigenvalue weighted by molar-refractivity contribution is -0.141. The number of carboxylic acids is 1. The number of carboxylic acid groups (broad SMARTS) is 1. The second-order valence-corrected chi connectivity index (χ2v) is 4.78. The molecular formula is C13H16O3S. The predicted molar refractivity (Wildman–Crippen MR) is 69.3 cm³/mol. The summed E-state index contributed by atoms with van der Waals surface area (Å²) in [5.74, 6) is -0.908. The van der Waals surface area contributed by atoms with Crippen LogP contribution < -0.4 is 0 Å². The van der Waals surface area contributed by atoms with Crippen LogP contribution >= 0.6 is 11.8 Å². The number of rotatable bonds is 6. The molecule has 0 saturated carbocycles. The quantitative estimate of drug-likeness (QED) is 0.845. The van der Waals surface area contributed by atoms with Gasteiger partial charge in [-0.1, -0.05) is 55.4 Å². The molecule has 0 aliphatic carbocycles. The second-order valence-electron chi connectivity index (χ2n) is 3.79. The maximum Gasteiger partial charge on any atom is 0.307 e. The molecule has 0 aliphatic heterocycles. The van der Waals surface area contributed by atoms with E-state index in [-0.39, 0.29) is 5.12 Å². The van der Waals surface area contributed by atoms with Crippen molar-refractivity contribution in [3.8, 4) is 0 Å². The van der Waals surface area contributed by atoms with Crippen molar-refractivity contribution in [2.45, 2.75) is 19.8 Å². The zero-order valence-electron chi connectivity index (χ0n) is 9.76. The third-order valence-electron chi connectivity index (χ3n) is 2.41. The van der Waals surface area contributed by atoms with Crippen molar-refractivity contribution in [3.05, 3.63) is 35.9 Å². The Hall–Kier alpha value is -1.29. The summed E-state index contributed by atoms with van der Waals surface area (Å²) in [7, 11) is 0. The van der Waals surface area contributed by atoms with Gasteiger partial charge in [-0.25, -0.2) is 0 Å². The largest absolute Gasteiger partial charge is 0.481 e. The fourth-order valence-electron chi connectivity index (χ4n) is 1.46. The van der Waals surface area contributed by atoms with Crippen LogP contribution in [0.15, 0.2) is 30.3 Å². The SMILES string of the molecule is CCCC(CSC(=O)c1ccccc1)C(=O)O. The maximum atomic E-state index is 11.7. The Balaban J connectivity index is 2.49. The number of hydrogen-bond acceptors (Lipinski definition) is 3. The molecule has 1 N–H and O–H groups in total. The van der Waals surface area contributed by atoms with Crippen molar-refractivity contribution in [3.63, 3.8) is 0 Å². The maximum absolute atomic E-state index is 11.7. The Labute approximate surface area is 105 Å². The first kappa shape index (κ1) is 13.8. The predicted octanol–water partition coefficient (Wildman–Crippen LogP) is 3.06. The highest BCUT2D eigenvalue weighted by molar-refractivity contribution is 8.14. The zero-order chi connectivity index (χ0) is 12.7. The van der Waals surface area contributed by atoms with Crippen molar-refractivity contribution in [2.75, 3.05) is 5.75 Å². The van der Waals surface area contributed by atoms with E-state index >= 15 is 0 Å². The van der Waals surface area contributed by atoms with Crippen LogP contribution in [0.1, 0.15) is 30.1 Å². The molecule has 0 radical (unpaired) electrons. The van der Waals surface area contributed by atoms with E-state index in [4.69, 9.17) is 5.11 Å². The highest BCUT2D eigenvalue weighted by Crippen LogP contribution is 2.18. The van der Waals surface area contributed by atoms with Gasteiger partial charge in [-0.3, -0.25) is 9.59 Å². The Kier molecular flexibility index (Phi) is 5.77. The van der Waals surface area contributed by atoms with E-state index in [0.29, 0.717) is 17.7 Å². The standard InChI is InChI=1S/C13H16O3S/c1-2-6-11(12(14)15)9-17-13(16)10-7-4-3-5-8-10/h3-5,7-8,11H,2,6,9H2,1H3,(H,14,15). The van der Waals surface area contributed by atoms with E-state index in [1.807, 2.05) is 13.0 Å². The van der Waals surface area contributed by atoms with Crippen molar-refractivity contribution < 1.29 is 14.7 Å². The third-order valence-corrected chi connectivity index (χ3v) is 3.48. The normalized spacial score (nSPS) is 12.1. The average Bonchev–Trinajstić information content (AvgIpc) is 2.34. The molecule has 1 unspecified atom stereocenters. The average molecular weight is 252 g/mol. The topological polar surface area (TPSA) is 54.4 Å². The van der Waals surface area contributed by atoms with Crippen LogP contribution in [0.3, 0.4) is 0 Å². The first-order valence-electron chi connectivity index (χ1n) is 5.60. The van der Waals surface area contributed by atoms with Gasteiger partial charge in [0.25, 0.3) is 0 Å². The van der Waals surface area contributed by atoms with E-state index in [9.17, 15) is 9.59 Å². The van der Waals surface area contributed by atoms with Crippen molar-refractivity contribution in [1.82, 2.24) is 0 Å². The minimum Gasteiger partial charge on any atom is -0.481 e. The summed E-state index contributed by atoms with van der Waals surface area (Å²) in [6.07, 6.45) is 1.43. The van der Waals surface area contributed by atoms with Gasteiger partial charge in [-0.2, -0.15) is 0 Å². The van der Waals surface area contributed by atoms with Gasteiger partial charge in [-0.15, -0.1) is 0 Å². The molecular weight excluding hydrogens is 236 g/mol. The van der Waals surface area contributed by atoms with Gasteiger partial charge >= 0.3 is 5.97 Å². The van der Waals surface area contributed by atoms with Gasteiger partial charge in [0.2, 0.25) is 5.12 Å². The lowest BCUT2D eigenvalue weighted by atomic mass is 10.1. The Bertz CT molecular complexity index is 376. The van der Waals surface area contributed by atoms with Crippen LogP contribution in [0.4, 0.5) is 0 Å². The number of benzene rings is 1. The zero-order valence-corrected chi connectivity index (χ0v) is 10.6. The van der Waals surface area contributed by atoms with Crippen LogP contribution in [-0.2, 0) is 4.79 Å². The Morgan fingerprint density at radius 2 is 1.94 bits per heavy atom. The minimum absolute atomic E-state index is 0.0621. The van der Waals surface area contributed by atoms with Crippen LogP contribution in [0, 0.1) is 5.92 Å². The molecule has 1 rings (SSSR count). The van der Waals surface area contributed by atoms with Crippen LogP contribution in [-0.4, -0.2) is 21.9 Å². The summed E-state index contributed by atoms with van der Waals surface area (Å²) in [6.45, 7) is 1.94. The lowest BCUT2D eigenvalue weighted by Gasteiger charge is -2.09. The number of hydrogen-bond donors (Lipinski definition) is 1. The first-order valence-corrected chi connectivity index (χ1v) is 6.58. The third kappa shape index (κ3) is 4.61. The molecule has 0 aliphatic rings. The second kappa shape index (κ2) is 7.12. The molecule has 0 heterocycles. The summed E-state index contributed by atoms with van der Waals surface area (Å²) in [5, 5.41) is 8.90. The van der Waals surface area contributed by atoms with E-state index in [1.54, 1.807) is 24.3 Å². The smallest absolute Gasteiger partial charge is 0.307 e. The van der Waals surface area contributed by atoms with Gasteiger partial charge in [0.05, 0.1) is 5.92 Å². The summed E-state index contributed by atoms with van der Waals surface area (Å²) < 4.78 is 0. The molecule has 0 fully saturated rings. The monoisotopic (exact) mass is 252 g/mol. The van der Waals surface area contributed by atoms with Gasteiger partial charge in [0, 0.05) is 11.3 Å². The van der Waals surface area contributed by atoms with Gasteiger partial charge in [0.1, 0.15) is 0 Å².